The van der Waals surface area contributed by atoms with E-state index in [1.807, 2.05) is 38.1 Å². The minimum absolute atomic E-state index is 0.128. The Hall–Kier alpha value is -4.25. The molecule has 3 amide bonds. The van der Waals surface area contributed by atoms with Crippen molar-refractivity contribution >= 4 is 51.5 Å². The maximum absolute atomic E-state index is 15.2. The second-order valence-electron chi connectivity index (χ2n) is 8.93. The van der Waals surface area contributed by atoms with Gasteiger partial charge in [-0.3, -0.25) is 19.3 Å². The zero-order chi connectivity index (χ0) is 26.7. The largest absolute Gasteiger partial charge is 0.395 e. The summed E-state index contributed by atoms with van der Waals surface area (Å²) in [4.78, 5) is 43.6. The molecule has 0 aliphatic carbocycles. The number of nitrogens with one attached hydrogen (secondary N) is 2. The van der Waals surface area contributed by atoms with Crippen molar-refractivity contribution in [1.29, 1.82) is 0 Å². The number of primary amides is 1. The molecule has 2 aromatic carbocycles. The number of rotatable bonds is 9. The summed E-state index contributed by atoms with van der Waals surface area (Å²) in [5, 5.41) is 3.58. The number of H-pyrrole nitrogens is 1. The van der Waals surface area contributed by atoms with Crippen molar-refractivity contribution in [2.45, 2.75) is 26.3 Å². The number of para-hydroxylation sites is 2. The molecule has 0 saturated heterocycles. The molecule has 0 radical (unpaired) electrons. The number of nitrogen functional groups attached to an aromatic ring is 1. The third-order valence-corrected chi connectivity index (χ3v) is 6.78. The number of hydrogen-bond donors (Lipinski definition) is 4. The number of aromatic amines is 1. The second kappa shape index (κ2) is 10.8. The lowest BCUT2D eigenvalue weighted by Gasteiger charge is -2.31. The van der Waals surface area contributed by atoms with Crippen molar-refractivity contribution in [3.63, 3.8) is 0 Å². The third-order valence-electron chi connectivity index (χ3n) is 5.93. The van der Waals surface area contributed by atoms with Crippen LogP contribution >= 0.6 is 11.5 Å². The molecule has 4 aromatic rings. The lowest BCUT2D eigenvalue weighted by molar-refractivity contribution is -0.122. The van der Waals surface area contributed by atoms with Gasteiger partial charge in [0.05, 0.1) is 11.4 Å². The first-order chi connectivity index (χ1) is 17.7. The van der Waals surface area contributed by atoms with Gasteiger partial charge in [-0.25, -0.2) is 4.39 Å². The molecule has 4 rings (SSSR count). The van der Waals surface area contributed by atoms with Gasteiger partial charge < -0.3 is 21.8 Å². The third kappa shape index (κ3) is 5.17. The summed E-state index contributed by atoms with van der Waals surface area (Å²) >= 11 is 0.664. The fraction of sp³-hybridized carbons (Fsp3) is 0.231. The number of anilines is 2. The number of halogens is 1. The van der Waals surface area contributed by atoms with Crippen LogP contribution in [-0.4, -0.2) is 33.6 Å². The summed E-state index contributed by atoms with van der Waals surface area (Å²) in [6.07, 6.45) is 2.34. The molecular formula is C26H27FN6O3S. The summed E-state index contributed by atoms with van der Waals surface area (Å²) in [6.45, 7) is 4.42. The number of carbonyl (C=O) groups is 3. The standard InChI is InChI=1S/C26H27FN6O3S/c1-14(2)11-12-30-25(35)22(16-13-31-18-9-5-3-7-15(16)18)33(19-10-6-4-8-17(19)27)26(36)23-20(28)21(24(29)34)32-37-23/h3-10,13-14,22,31H,11-12,28H2,1-2H3,(H2,29,34)(H,30,35)/t22-/m1/s1. The maximum Gasteiger partial charge on any atom is 0.273 e. The van der Waals surface area contributed by atoms with Crippen LogP contribution in [0.2, 0.25) is 0 Å². The molecule has 0 bridgehead atoms. The molecule has 0 fully saturated rings. The van der Waals surface area contributed by atoms with E-state index in [2.05, 4.69) is 14.7 Å². The van der Waals surface area contributed by atoms with Crippen LogP contribution in [0.4, 0.5) is 15.8 Å². The summed E-state index contributed by atoms with van der Waals surface area (Å²) in [6, 6.07) is 11.7. The smallest absolute Gasteiger partial charge is 0.273 e. The molecular weight excluding hydrogens is 495 g/mol. The van der Waals surface area contributed by atoms with E-state index in [-0.39, 0.29) is 21.9 Å². The number of carbonyl (C=O) groups excluding carboxylic acids is 3. The highest BCUT2D eigenvalue weighted by molar-refractivity contribution is 7.09. The average molecular weight is 523 g/mol. The van der Waals surface area contributed by atoms with Gasteiger partial charge in [-0.1, -0.05) is 44.2 Å². The van der Waals surface area contributed by atoms with Crippen molar-refractivity contribution < 1.29 is 18.8 Å². The van der Waals surface area contributed by atoms with Gasteiger partial charge in [0.25, 0.3) is 11.8 Å². The summed E-state index contributed by atoms with van der Waals surface area (Å²) in [5.74, 6) is -2.57. The number of aromatic nitrogens is 2. The minimum Gasteiger partial charge on any atom is -0.395 e. The molecule has 11 heteroatoms. The van der Waals surface area contributed by atoms with Crippen molar-refractivity contribution in [3.8, 4) is 0 Å². The molecule has 37 heavy (non-hydrogen) atoms. The molecule has 0 aliphatic heterocycles. The van der Waals surface area contributed by atoms with E-state index in [1.54, 1.807) is 12.3 Å². The number of nitrogens with two attached hydrogens (primary N) is 2. The van der Waals surface area contributed by atoms with E-state index in [0.29, 0.717) is 41.4 Å². The van der Waals surface area contributed by atoms with Crippen molar-refractivity contribution in [2.24, 2.45) is 11.7 Å². The Morgan fingerprint density at radius 1 is 1.14 bits per heavy atom. The number of benzene rings is 2. The second-order valence-corrected chi connectivity index (χ2v) is 9.70. The zero-order valence-electron chi connectivity index (χ0n) is 20.3. The molecule has 2 aromatic heterocycles. The van der Waals surface area contributed by atoms with E-state index in [9.17, 15) is 14.4 Å². The summed E-state index contributed by atoms with van der Waals surface area (Å²) in [7, 11) is 0. The number of hydrogen-bond acceptors (Lipinski definition) is 6. The monoisotopic (exact) mass is 522 g/mol. The van der Waals surface area contributed by atoms with E-state index in [0.717, 1.165) is 10.4 Å². The average Bonchev–Trinajstić information content (AvgIpc) is 3.46. The molecule has 0 spiro atoms. The Bertz CT molecular complexity index is 1460. The van der Waals surface area contributed by atoms with Crippen molar-refractivity contribution in [2.75, 3.05) is 17.2 Å². The Morgan fingerprint density at radius 2 is 1.84 bits per heavy atom. The SMILES string of the molecule is CC(C)CCNC(=O)[C@@H](c1c[nH]c2ccccc12)N(C(=O)c1snc(C(N)=O)c1N)c1ccccc1F. The Balaban J connectivity index is 1.91. The highest BCUT2D eigenvalue weighted by atomic mass is 32.1. The lowest BCUT2D eigenvalue weighted by atomic mass is 10.0. The molecule has 0 unspecified atom stereocenters. The minimum atomic E-state index is -1.27. The van der Waals surface area contributed by atoms with Gasteiger partial charge in [0.2, 0.25) is 5.91 Å². The highest BCUT2D eigenvalue weighted by Gasteiger charge is 2.38. The van der Waals surface area contributed by atoms with Gasteiger partial charge in [0, 0.05) is 29.2 Å². The van der Waals surface area contributed by atoms with Gasteiger partial charge in [0.15, 0.2) is 5.69 Å². The van der Waals surface area contributed by atoms with Crippen LogP contribution in [0.25, 0.3) is 10.9 Å². The van der Waals surface area contributed by atoms with E-state index >= 15 is 4.39 Å². The van der Waals surface area contributed by atoms with Gasteiger partial charge in [-0.2, -0.15) is 4.37 Å². The summed E-state index contributed by atoms with van der Waals surface area (Å²) < 4.78 is 19.2. The molecule has 9 nitrogen and oxygen atoms in total. The van der Waals surface area contributed by atoms with Gasteiger partial charge in [-0.05, 0) is 42.1 Å². The van der Waals surface area contributed by atoms with Crippen LogP contribution in [0.3, 0.4) is 0 Å². The first-order valence-electron chi connectivity index (χ1n) is 11.7. The number of fused-ring (bicyclic) bond motifs is 1. The first-order valence-corrected chi connectivity index (χ1v) is 12.4. The van der Waals surface area contributed by atoms with Gasteiger partial charge in [-0.15, -0.1) is 0 Å². The quantitative estimate of drug-likeness (QED) is 0.262. The fourth-order valence-corrected chi connectivity index (χ4v) is 4.79. The fourth-order valence-electron chi connectivity index (χ4n) is 4.05. The van der Waals surface area contributed by atoms with Crippen LogP contribution in [0.15, 0.2) is 54.7 Å². The van der Waals surface area contributed by atoms with Gasteiger partial charge in [0.1, 0.15) is 16.7 Å². The molecule has 1 atom stereocenters. The van der Waals surface area contributed by atoms with Crippen LogP contribution in [-0.2, 0) is 4.79 Å². The predicted octanol–water partition coefficient (Wildman–Crippen LogP) is 4.00. The molecule has 6 N–H and O–H groups in total. The summed E-state index contributed by atoms with van der Waals surface area (Å²) in [5.41, 5.74) is 12.0. The molecule has 0 aliphatic rings. The van der Waals surface area contributed by atoms with Crippen LogP contribution in [0.5, 0.6) is 0 Å². The van der Waals surface area contributed by atoms with E-state index in [1.165, 1.54) is 18.2 Å². The highest BCUT2D eigenvalue weighted by Crippen LogP contribution is 2.36. The van der Waals surface area contributed by atoms with Gasteiger partial charge >= 0.3 is 0 Å². The topological polar surface area (TPSA) is 147 Å². The Morgan fingerprint density at radius 3 is 2.51 bits per heavy atom. The number of nitrogens with zero attached hydrogens (tertiary/aromatic N) is 2. The Labute approximate surface area is 216 Å². The van der Waals surface area contributed by atoms with Crippen molar-refractivity contribution in [3.05, 3.63) is 76.7 Å². The van der Waals surface area contributed by atoms with E-state index < -0.39 is 29.6 Å². The van der Waals surface area contributed by atoms with Crippen LogP contribution in [0.1, 0.15) is 52.0 Å². The van der Waals surface area contributed by atoms with Crippen LogP contribution in [0, 0.1) is 11.7 Å². The molecule has 0 saturated carbocycles. The van der Waals surface area contributed by atoms with Crippen LogP contribution < -0.4 is 21.7 Å². The Kier molecular flexibility index (Phi) is 7.53. The van der Waals surface area contributed by atoms with E-state index in [4.69, 9.17) is 11.5 Å². The van der Waals surface area contributed by atoms with Crippen molar-refractivity contribution in [1.82, 2.24) is 14.7 Å². The molecule has 192 valence electrons. The maximum atomic E-state index is 15.2. The number of amides is 3. The molecule has 2 heterocycles. The predicted molar refractivity (Wildman–Crippen MR) is 142 cm³/mol. The zero-order valence-corrected chi connectivity index (χ0v) is 21.1. The first kappa shape index (κ1) is 25.8. The lowest BCUT2D eigenvalue weighted by Crippen LogP contribution is -2.44. The normalized spacial score (nSPS) is 12.0.